The minimum atomic E-state index is 0.188. The molecule has 33 heavy (non-hydrogen) atoms. The highest BCUT2D eigenvalue weighted by Crippen LogP contribution is 2.36. The average Bonchev–Trinajstić information content (AvgIpc) is 3.51. The molecule has 4 heterocycles. The van der Waals surface area contributed by atoms with E-state index in [1.807, 2.05) is 5.51 Å². The molecule has 3 aliphatic heterocycles. The molecular formula is C26H32N4O2S. The number of aromatic nitrogens is 1. The van der Waals surface area contributed by atoms with Crippen LogP contribution >= 0.6 is 11.3 Å². The van der Waals surface area contributed by atoms with Crippen LogP contribution in [0.2, 0.25) is 0 Å². The number of hydrogen-bond acceptors (Lipinski definition) is 7. The number of benzene rings is 2. The molecule has 0 spiro atoms. The lowest BCUT2D eigenvalue weighted by molar-refractivity contribution is -0.0660. The summed E-state index contributed by atoms with van der Waals surface area (Å²) in [6, 6.07) is 14.0. The molecule has 1 N–H and O–H groups in total. The molecule has 3 saturated heterocycles. The van der Waals surface area contributed by atoms with Gasteiger partial charge in [-0.25, -0.2) is 4.98 Å². The van der Waals surface area contributed by atoms with Gasteiger partial charge in [0, 0.05) is 44.3 Å². The van der Waals surface area contributed by atoms with Gasteiger partial charge >= 0.3 is 0 Å². The van der Waals surface area contributed by atoms with E-state index in [4.69, 9.17) is 9.47 Å². The third-order valence-corrected chi connectivity index (χ3v) is 8.35. The lowest BCUT2D eigenvalue weighted by atomic mass is 10.0. The predicted molar refractivity (Wildman–Crippen MR) is 135 cm³/mol. The van der Waals surface area contributed by atoms with Gasteiger partial charge in [-0.3, -0.25) is 4.90 Å². The van der Waals surface area contributed by atoms with Crippen LogP contribution in [0.4, 0.5) is 5.69 Å². The zero-order valence-corrected chi connectivity index (χ0v) is 20.0. The maximum Gasteiger partial charge on any atom is 0.139 e. The van der Waals surface area contributed by atoms with Crippen molar-refractivity contribution in [3.63, 3.8) is 0 Å². The zero-order valence-electron chi connectivity index (χ0n) is 19.2. The molecule has 6 rings (SSSR count). The summed E-state index contributed by atoms with van der Waals surface area (Å²) < 4.78 is 13.0. The van der Waals surface area contributed by atoms with Crippen molar-refractivity contribution in [3.05, 3.63) is 41.9 Å². The summed E-state index contributed by atoms with van der Waals surface area (Å²) in [7, 11) is 0. The summed E-state index contributed by atoms with van der Waals surface area (Å²) in [6.07, 6.45) is 1.37. The topological polar surface area (TPSA) is 49.9 Å². The maximum absolute atomic E-state index is 6.50. The second-order valence-electron chi connectivity index (χ2n) is 9.51. The van der Waals surface area contributed by atoms with Crippen molar-refractivity contribution < 1.29 is 9.47 Å². The van der Waals surface area contributed by atoms with E-state index in [0.29, 0.717) is 12.0 Å². The molecule has 1 aromatic heterocycles. The highest BCUT2D eigenvalue weighted by molar-refractivity contribution is 7.17. The van der Waals surface area contributed by atoms with Gasteiger partial charge in [-0.15, -0.1) is 11.3 Å². The van der Waals surface area contributed by atoms with Gasteiger partial charge in [0.25, 0.3) is 0 Å². The molecule has 6 nitrogen and oxygen atoms in total. The Morgan fingerprint density at radius 1 is 1.09 bits per heavy atom. The van der Waals surface area contributed by atoms with Crippen molar-refractivity contribution >= 4 is 27.2 Å². The Morgan fingerprint density at radius 3 is 2.61 bits per heavy atom. The largest absolute Gasteiger partial charge is 0.489 e. The Hall–Kier alpha value is -2.19. The Kier molecular flexibility index (Phi) is 5.96. The van der Waals surface area contributed by atoms with Crippen molar-refractivity contribution in [2.75, 3.05) is 57.4 Å². The van der Waals surface area contributed by atoms with Crippen LogP contribution in [0.15, 0.2) is 41.9 Å². The first-order valence-electron chi connectivity index (χ1n) is 12.2. The summed E-state index contributed by atoms with van der Waals surface area (Å²) in [5, 5.41) is 3.45. The molecule has 3 aliphatic rings. The molecule has 0 radical (unpaired) electrons. The van der Waals surface area contributed by atoms with Gasteiger partial charge in [-0.05, 0) is 55.3 Å². The summed E-state index contributed by atoms with van der Waals surface area (Å²) in [6.45, 7) is 10.5. The number of thiazole rings is 1. The van der Waals surface area contributed by atoms with E-state index < -0.39 is 0 Å². The van der Waals surface area contributed by atoms with Gasteiger partial charge in [0.1, 0.15) is 11.9 Å². The molecular weight excluding hydrogens is 432 g/mol. The van der Waals surface area contributed by atoms with Crippen LogP contribution in [0.3, 0.4) is 0 Å². The van der Waals surface area contributed by atoms with Gasteiger partial charge in [0.05, 0.1) is 35.0 Å². The first kappa shape index (κ1) is 21.4. The van der Waals surface area contributed by atoms with Crippen LogP contribution in [0.25, 0.3) is 21.3 Å². The maximum atomic E-state index is 6.50. The minimum Gasteiger partial charge on any atom is -0.489 e. The first-order valence-corrected chi connectivity index (χ1v) is 13.0. The number of nitrogens with zero attached hydrogens (tertiary/aromatic N) is 3. The Balaban J connectivity index is 1.19. The van der Waals surface area contributed by atoms with Crippen LogP contribution in [0.1, 0.15) is 13.3 Å². The van der Waals surface area contributed by atoms with Gasteiger partial charge < -0.3 is 19.7 Å². The lowest BCUT2D eigenvalue weighted by Gasteiger charge is -2.43. The van der Waals surface area contributed by atoms with Crippen molar-refractivity contribution in [1.29, 1.82) is 0 Å². The van der Waals surface area contributed by atoms with E-state index in [-0.39, 0.29) is 6.10 Å². The van der Waals surface area contributed by atoms with Gasteiger partial charge in [-0.1, -0.05) is 12.1 Å². The van der Waals surface area contributed by atoms with E-state index in [0.717, 1.165) is 68.4 Å². The number of rotatable bonds is 6. The molecule has 2 aromatic carbocycles. The molecule has 0 bridgehead atoms. The van der Waals surface area contributed by atoms with Crippen molar-refractivity contribution in [3.8, 4) is 16.9 Å². The predicted octanol–water partition coefficient (Wildman–Crippen LogP) is 3.86. The van der Waals surface area contributed by atoms with Crippen molar-refractivity contribution in [2.24, 2.45) is 5.92 Å². The Morgan fingerprint density at radius 2 is 1.91 bits per heavy atom. The number of hydrogen-bond donors (Lipinski definition) is 1. The van der Waals surface area contributed by atoms with Gasteiger partial charge in [0.2, 0.25) is 0 Å². The van der Waals surface area contributed by atoms with E-state index in [1.54, 1.807) is 11.3 Å². The van der Waals surface area contributed by atoms with Crippen LogP contribution in [-0.4, -0.2) is 74.5 Å². The third-order valence-electron chi connectivity index (χ3n) is 7.49. The zero-order chi connectivity index (χ0) is 22.2. The molecule has 7 heteroatoms. The number of piperazine rings is 1. The molecule has 0 unspecified atom stereocenters. The van der Waals surface area contributed by atoms with Crippen molar-refractivity contribution in [1.82, 2.24) is 15.2 Å². The summed E-state index contributed by atoms with van der Waals surface area (Å²) >= 11 is 1.66. The van der Waals surface area contributed by atoms with Crippen LogP contribution in [0.5, 0.6) is 5.75 Å². The molecule has 0 amide bonds. The molecule has 174 valence electrons. The second-order valence-corrected chi connectivity index (χ2v) is 10.4. The standard InChI is InChI=1S/C26H32N4O2S/c1-18(20-6-7-27-14-20)32-25-13-21(12-24-26(25)33-17-28-24)19-2-4-22(5-3-19)29-8-10-30(11-9-29)23-15-31-16-23/h2-5,12-13,17-18,20,23,27H,6-11,14-16H2,1H3/t18-,20-/m1/s1. The fraction of sp³-hybridized carbons (Fsp3) is 0.500. The average molecular weight is 465 g/mol. The quantitative estimate of drug-likeness (QED) is 0.598. The highest BCUT2D eigenvalue weighted by atomic mass is 32.1. The summed E-state index contributed by atoms with van der Waals surface area (Å²) in [5.74, 6) is 1.53. The fourth-order valence-corrected chi connectivity index (χ4v) is 5.94. The summed E-state index contributed by atoms with van der Waals surface area (Å²) in [4.78, 5) is 9.67. The van der Waals surface area contributed by atoms with E-state index in [2.05, 4.69) is 63.4 Å². The van der Waals surface area contributed by atoms with E-state index in [1.165, 1.54) is 23.2 Å². The number of nitrogens with one attached hydrogen (secondary N) is 1. The van der Waals surface area contributed by atoms with E-state index >= 15 is 0 Å². The van der Waals surface area contributed by atoms with Gasteiger partial charge in [0.15, 0.2) is 0 Å². The van der Waals surface area contributed by atoms with Crippen LogP contribution in [0, 0.1) is 5.92 Å². The molecule has 0 aliphatic carbocycles. The SMILES string of the molecule is C[C@@H](Oc1cc(-c2ccc(N3CCN(C4COC4)CC3)cc2)cc2ncsc12)[C@@H]1CCNC1. The Labute approximate surface area is 199 Å². The third kappa shape index (κ3) is 4.35. The minimum absolute atomic E-state index is 0.188. The highest BCUT2D eigenvalue weighted by Gasteiger charge is 2.29. The van der Waals surface area contributed by atoms with Crippen LogP contribution < -0.4 is 15.0 Å². The number of anilines is 1. The molecule has 3 fully saturated rings. The number of ether oxygens (including phenoxy) is 2. The molecule has 0 saturated carbocycles. The monoisotopic (exact) mass is 464 g/mol. The molecule has 3 aromatic rings. The Bertz CT molecular complexity index is 1080. The summed E-state index contributed by atoms with van der Waals surface area (Å²) in [5.41, 5.74) is 6.61. The molecule has 2 atom stereocenters. The lowest BCUT2D eigenvalue weighted by Crippen LogP contribution is -2.56. The first-order chi connectivity index (χ1) is 16.2. The van der Waals surface area contributed by atoms with Gasteiger partial charge in [-0.2, -0.15) is 0 Å². The van der Waals surface area contributed by atoms with E-state index in [9.17, 15) is 0 Å². The van der Waals surface area contributed by atoms with Crippen molar-refractivity contribution in [2.45, 2.75) is 25.5 Å². The fourth-order valence-electron chi connectivity index (χ4n) is 5.21. The van der Waals surface area contributed by atoms with Crippen LogP contribution in [-0.2, 0) is 4.74 Å². The smallest absolute Gasteiger partial charge is 0.139 e. The normalized spacial score (nSPS) is 23.1. The second kappa shape index (κ2) is 9.22. The number of fused-ring (bicyclic) bond motifs is 1.